The first-order valence-corrected chi connectivity index (χ1v) is 6.74. The fourth-order valence-corrected chi connectivity index (χ4v) is 1.91. The second-order valence-corrected chi connectivity index (χ2v) is 4.67. The molecule has 0 aliphatic heterocycles. The SMILES string of the molecule is CCC(=O)Cc1cc(CC(=O)CC)cc(C(=O)OC)c1. The molecule has 0 saturated carbocycles. The van der Waals surface area contributed by atoms with E-state index in [0.717, 1.165) is 11.1 Å². The highest BCUT2D eigenvalue weighted by molar-refractivity contribution is 5.91. The molecule has 4 heteroatoms. The summed E-state index contributed by atoms with van der Waals surface area (Å²) in [5, 5.41) is 0. The number of methoxy groups -OCH3 is 1. The molecular weight excluding hydrogens is 256 g/mol. The molecule has 1 rings (SSSR count). The number of rotatable bonds is 7. The van der Waals surface area contributed by atoms with E-state index in [1.165, 1.54) is 7.11 Å². The topological polar surface area (TPSA) is 60.4 Å². The van der Waals surface area contributed by atoms with Crippen LogP contribution in [0.4, 0.5) is 0 Å². The molecule has 0 fully saturated rings. The summed E-state index contributed by atoms with van der Waals surface area (Å²) in [6, 6.07) is 5.12. The van der Waals surface area contributed by atoms with Gasteiger partial charge in [0.2, 0.25) is 0 Å². The molecule has 0 aliphatic carbocycles. The highest BCUT2D eigenvalue weighted by Crippen LogP contribution is 2.14. The molecule has 4 nitrogen and oxygen atoms in total. The quantitative estimate of drug-likeness (QED) is 0.718. The number of esters is 1. The number of hydrogen-bond acceptors (Lipinski definition) is 4. The van der Waals surface area contributed by atoms with Crippen LogP contribution in [0.3, 0.4) is 0 Å². The van der Waals surface area contributed by atoms with Crippen molar-refractivity contribution < 1.29 is 19.1 Å². The van der Waals surface area contributed by atoms with Crippen molar-refractivity contribution in [1.29, 1.82) is 0 Å². The lowest BCUT2D eigenvalue weighted by Gasteiger charge is -2.08. The summed E-state index contributed by atoms with van der Waals surface area (Å²) in [6.45, 7) is 3.60. The van der Waals surface area contributed by atoms with Crippen molar-refractivity contribution in [3.05, 3.63) is 34.9 Å². The van der Waals surface area contributed by atoms with Gasteiger partial charge >= 0.3 is 5.97 Å². The molecule has 0 aromatic heterocycles. The summed E-state index contributed by atoms with van der Waals surface area (Å²) in [4.78, 5) is 34.7. The molecule has 0 unspecified atom stereocenters. The Kier molecular flexibility index (Phi) is 6.10. The molecular formula is C16H20O4. The van der Waals surface area contributed by atoms with Crippen LogP contribution < -0.4 is 0 Å². The van der Waals surface area contributed by atoms with Crippen LogP contribution in [-0.4, -0.2) is 24.6 Å². The van der Waals surface area contributed by atoms with Crippen LogP contribution in [0.1, 0.15) is 48.2 Å². The average molecular weight is 276 g/mol. The summed E-state index contributed by atoms with van der Waals surface area (Å²) >= 11 is 0. The molecule has 1 aromatic rings. The summed E-state index contributed by atoms with van der Waals surface area (Å²) in [5.41, 5.74) is 1.88. The van der Waals surface area contributed by atoms with Crippen LogP contribution in [0.25, 0.3) is 0 Å². The van der Waals surface area contributed by atoms with E-state index in [0.29, 0.717) is 18.4 Å². The van der Waals surface area contributed by atoms with Crippen LogP contribution in [-0.2, 0) is 27.2 Å². The van der Waals surface area contributed by atoms with Gasteiger partial charge in [0, 0.05) is 25.7 Å². The van der Waals surface area contributed by atoms with E-state index >= 15 is 0 Å². The van der Waals surface area contributed by atoms with Gasteiger partial charge < -0.3 is 4.74 Å². The number of ketones is 2. The second-order valence-electron chi connectivity index (χ2n) is 4.67. The lowest BCUT2D eigenvalue weighted by atomic mass is 9.98. The Morgan fingerprint density at radius 1 is 0.900 bits per heavy atom. The highest BCUT2D eigenvalue weighted by atomic mass is 16.5. The minimum Gasteiger partial charge on any atom is -0.465 e. The number of ether oxygens (including phenoxy) is 1. The maximum absolute atomic E-state index is 11.6. The van der Waals surface area contributed by atoms with E-state index in [9.17, 15) is 14.4 Å². The molecule has 20 heavy (non-hydrogen) atoms. The highest BCUT2D eigenvalue weighted by Gasteiger charge is 2.12. The summed E-state index contributed by atoms with van der Waals surface area (Å²) in [5.74, 6) is -0.263. The van der Waals surface area contributed by atoms with Gasteiger partial charge in [-0.2, -0.15) is 0 Å². The fourth-order valence-electron chi connectivity index (χ4n) is 1.91. The average Bonchev–Trinajstić information content (AvgIpc) is 2.45. The first kappa shape index (κ1) is 16.1. The Bertz CT molecular complexity index is 481. The lowest BCUT2D eigenvalue weighted by Crippen LogP contribution is -2.08. The summed E-state index contributed by atoms with van der Waals surface area (Å²) in [6.07, 6.45) is 1.45. The third kappa shape index (κ3) is 4.61. The number of Topliss-reactive ketones (excluding diaryl/α,β-unsaturated/α-hetero) is 2. The molecule has 0 radical (unpaired) electrons. The minimum absolute atomic E-state index is 0.0970. The van der Waals surface area contributed by atoms with Crippen molar-refractivity contribution in [2.45, 2.75) is 39.5 Å². The van der Waals surface area contributed by atoms with Crippen LogP contribution in [0.2, 0.25) is 0 Å². The van der Waals surface area contributed by atoms with Gasteiger partial charge in [0.25, 0.3) is 0 Å². The smallest absolute Gasteiger partial charge is 0.337 e. The van der Waals surface area contributed by atoms with Crippen molar-refractivity contribution >= 4 is 17.5 Å². The molecule has 0 spiro atoms. The van der Waals surface area contributed by atoms with Crippen LogP contribution >= 0.6 is 0 Å². The molecule has 0 atom stereocenters. The van der Waals surface area contributed by atoms with E-state index in [2.05, 4.69) is 0 Å². The van der Waals surface area contributed by atoms with Gasteiger partial charge in [0.15, 0.2) is 0 Å². The zero-order valence-corrected chi connectivity index (χ0v) is 12.2. The predicted octanol–water partition coefficient (Wildman–Crippen LogP) is 2.52. The maximum Gasteiger partial charge on any atom is 0.337 e. The maximum atomic E-state index is 11.6. The Morgan fingerprint density at radius 3 is 1.70 bits per heavy atom. The van der Waals surface area contributed by atoms with E-state index in [4.69, 9.17) is 4.74 Å². The summed E-state index contributed by atoms with van der Waals surface area (Å²) < 4.78 is 4.70. The molecule has 1 aromatic carbocycles. The van der Waals surface area contributed by atoms with E-state index < -0.39 is 5.97 Å². The number of carbonyl (C=O) groups is 3. The van der Waals surface area contributed by atoms with Crippen LogP contribution in [0.5, 0.6) is 0 Å². The first-order valence-electron chi connectivity index (χ1n) is 6.74. The lowest BCUT2D eigenvalue weighted by molar-refractivity contribution is -0.118. The van der Waals surface area contributed by atoms with Crippen molar-refractivity contribution in [3.8, 4) is 0 Å². The normalized spacial score (nSPS) is 10.2. The van der Waals surface area contributed by atoms with Gasteiger partial charge in [0.1, 0.15) is 11.6 Å². The Hall–Kier alpha value is -1.97. The standard InChI is InChI=1S/C16H20O4/c1-4-14(17)9-11-6-12(10-15(18)5-2)8-13(7-11)16(19)20-3/h6-8H,4-5,9-10H2,1-3H3. The monoisotopic (exact) mass is 276 g/mol. The molecule has 0 N–H and O–H groups in total. The largest absolute Gasteiger partial charge is 0.465 e. The molecule has 0 saturated heterocycles. The van der Waals surface area contributed by atoms with Crippen molar-refractivity contribution in [2.24, 2.45) is 0 Å². The molecule has 0 heterocycles. The third-order valence-corrected chi connectivity index (χ3v) is 3.06. The molecule has 0 bridgehead atoms. The third-order valence-electron chi connectivity index (χ3n) is 3.06. The van der Waals surface area contributed by atoms with Crippen LogP contribution in [0.15, 0.2) is 18.2 Å². The van der Waals surface area contributed by atoms with Gasteiger partial charge in [-0.15, -0.1) is 0 Å². The zero-order valence-electron chi connectivity index (χ0n) is 12.2. The molecule has 0 amide bonds. The minimum atomic E-state index is -0.457. The van der Waals surface area contributed by atoms with Crippen molar-refractivity contribution in [2.75, 3.05) is 7.11 Å². The second kappa shape index (κ2) is 7.58. The number of hydrogen-bond donors (Lipinski definition) is 0. The number of benzene rings is 1. The van der Waals surface area contributed by atoms with Gasteiger partial charge in [-0.05, 0) is 23.3 Å². The number of carbonyl (C=O) groups excluding carboxylic acids is 3. The Balaban J connectivity index is 3.10. The first-order chi connectivity index (χ1) is 9.49. The fraction of sp³-hybridized carbons (Fsp3) is 0.438. The van der Waals surface area contributed by atoms with Gasteiger partial charge in [0.05, 0.1) is 12.7 Å². The van der Waals surface area contributed by atoms with Gasteiger partial charge in [-0.25, -0.2) is 4.79 Å². The van der Waals surface area contributed by atoms with Crippen LogP contribution in [0, 0.1) is 0 Å². The van der Waals surface area contributed by atoms with E-state index in [1.807, 2.05) is 6.07 Å². The Labute approximate surface area is 119 Å². The molecule has 108 valence electrons. The van der Waals surface area contributed by atoms with E-state index in [1.54, 1.807) is 26.0 Å². The Morgan fingerprint density at radius 2 is 1.35 bits per heavy atom. The van der Waals surface area contributed by atoms with Crippen molar-refractivity contribution in [3.63, 3.8) is 0 Å². The van der Waals surface area contributed by atoms with Crippen molar-refractivity contribution in [1.82, 2.24) is 0 Å². The summed E-state index contributed by atoms with van der Waals surface area (Å²) in [7, 11) is 1.31. The van der Waals surface area contributed by atoms with E-state index in [-0.39, 0.29) is 24.4 Å². The predicted molar refractivity (Wildman–Crippen MR) is 75.8 cm³/mol. The zero-order chi connectivity index (χ0) is 15.1. The van der Waals surface area contributed by atoms with Gasteiger partial charge in [-0.3, -0.25) is 9.59 Å². The van der Waals surface area contributed by atoms with Gasteiger partial charge in [-0.1, -0.05) is 19.9 Å². The molecule has 0 aliphatic rings.